The van der Waals surface area contributed by atoms with E-state index in [0.29, 0.717) is 19.3 Å². The quantitative estimate of drug-likeness (QED) is 0.412. The summed E-state index contributed by atoms with van der Waals surface area (Å²) in [5.74, 6) is -0.704. The Morgan fingerprint density at radius 3 is 2.80 bits per heavy atom. The Morgan fingerprint density at radius 1 is 1.40 bits per heavy atom. The van der Waals surface area contributed by atoms with Crippen molar-refractivity contribution in [3.05, 3.63) is 0 Å². The van der Waals surface area contributed by atoms with Crippen molar-refractivity contribution < 1.29 is 28.7 Å². The number of rotatable bonds is 6. The lowest BCUT2D eigenvalue weighted by molar-refractivity contribution is -0.152. The predicted octanol–water partition coefficient (Wildman–Crippen LogP) is -0.187. The van der Waals surface area contributed by atoms with Gasteiger partial charge in [-0.3, -0.25) is 14.4 Å². The molecule has 1 N–H and O–H groups in total. The van der Waals surface area contributed by atoms with Crippen LogP contribution in [0, 0.1) is 0 Å². The van der Waals surface area contributed by atoms with Crippen LogP contribution in [0.15, 0.2) is 0 Å². The first-order valence-electron chi connectivity index (χ1n) is 6.31. The standard InChI is InChI=1S/C12H18N2O6/c1-14(9-4-2-3-5-10(9)16)12(18)20-8-19-11(17)6-13-7-15/h7,9H,2-6,8H2,1H3,(H,13,15). The van der Waals surface area contributed by atoms with Gasteiger partial charge in [-0.25, -0.2) is 4.79 Å². The molecule has 0 aromatic rings. The fourth-order valence-electron chi connectivity index (χ4n) is 1.92. The second-order valence-electron chi connectivity index (χ2n) is 4.38. The Labute approximate surface area is 116 Å². The second-order valence-corrected chi connectivity index (χ2v) is 4.38. The summed E-state index contributed by atoms with van der Waals surface area (Å²) < 4.78 is 9.30. The number of nitrogens with zero attached hydrogens (tertiary/aromatic N) is 1. The van der Waals surface area contributed by atoms with E-state index in [1.165, 1.54) is 11.9 Å². The monoisotopic (exact) mass is 286 g/mol. The third-order valence-electron chi connectivity index (χ3n) is 3.01. The van der Waals surface area contributed by atoms with Crippen LogP contribution in [0.4, 0.5) is 4.79 Å². The van der Waals surface area contributed by atoms with E-state index in [0.717, 1.165) is 12.8 Å². The third-order valence-corrected chi connectivity index (χ3v) is 3.01. The van der Waals surface area contributed by atoms with E-state index >= 15 is 0 Å². The number of ether oxygens (including phenoxy) is 2. The fourth-order valence-corrected chi connectivity index (χ4v) is 1.92. The zero-order valence-electron chi connectivity index (χ0n) is 11.3. The van der Waals surface area contributed by atoms with Gasteiger partial charge in [-0.1, -0.05) is 6.42 Å². The smallest absolute Gasteiger partial charge is 0.413 e. The lowest BCUT2D eigenvalue weighted by atomic mass is 9.93. The van der Waals surface area contributed by atoms with Crippen molar-refractivity contribution in [2.24, 2.45) is 0 Å². The molecule has 1 fully saturated rings. The number of carbonyl (C=O) groups is 4. The average molecular weight is 286 g/mol. The number of Topliss-reactive ketones (excluding diaryl/α,β-unsaturated/α-hetero) is 1. The maximum absolute atomic E-state index is 11.7. The number of nitrogens with one attached hydrogen (secondary N) is 1. The summed E-state index contributed by atoms with van der Waals surface area (Å²) in [6.07, 6.45) is 2.46. The second kappa shape index (κ2) is 8.13. The van der Waals surface area contributed by atoms with Crippen molar-refractivity contribution in [1.82, 2.24) is 10.2 Å². The van der Waals surface area contributed by atoms with Gasteiger partial charge in [-0.05, 0) is 12.8 Å². The van der Waals surface area contributed by atoms with Crippen LogP contribution >= 0.6 is 0 Å². The Kier molecular flexibility index (Phi) is 6.48. The molecule has 0 aliphatic heterocycles. The molecule has 0 aromatic carbocycles. The number of esters is 1. The number of hydrogen-bond donors (Lipinski definition) is 1. The zero-order valence-corrected chi connectivity index (χ0v) is 11.3. The number of ketones is 1. The van der Waals surface area contributed by atoms with Gasteiger partial charge in [0.05, 0.1) is 6.04 Å². The van der Waals surface area contributed by atoms with Crippen molar-refractivity contribution in [2.75, 3.05) is 20.4 Å². The van der Waals surface area contributed by atoms with E-state index in [9.17, 15) is 19.2 Å². The maximum Gasteiger partial charge on any atom is 0.413 e. The Balaban J connectivity index is 2.29. The van der Waals surface area contributed by atoms with Gasteiger partial charge in [0.25, 0.3) is 0 Å². The molecule has 0 bridgehead atoms. The average Bonchev–Trinajstić information content (AvgIpc) is 2.44. The molecule has 0 radical (unpaired) electrons. The molecule has 0 heterocycles. The molecular weight excluding hydrogens is 268 g/mol. The first-order valence-corrected chi connectivity index (χ1v) is 6.31. The SMILES string of the molecule is CN(C(=O)OCOC(=O)CNC=O)C1CCCCC1=O. The minimum Gasteiger partial charge on any atom is -0.426 e. The summed E-state index contributed by atoms with van der Waals surface area (Å²) in [6, 6.07) is -0.469. The number of amides is 2. The molecule has 0 aromatic heterocycles. The molecule has 8 heteroatoms. The van der Waals surface area contributed by atoms with Gasteiger partial charge < -0.3 is 19.7 Å². The predicted molar refractivity (Wildman–Crippen MR) is 66.5 cm³/mol. The third kappa shape index (κ3) is 4.87. The summed E-state index contributed by atoms with van der Waals surface area (Å²) in [4.78, 5) is 45.5. The highest BCUT2D eigenvalue weighted by Gasteiger charge is 2.29. The van der Waals surface area contributed by atoms with E-state index in [4.69, 9.17) is 4.74 Å². The molecule has 1 aliphatic carbocycles. The highest BCUT2D eigenvalue weighted by atomic mass is 16.7. The Bertz CT molecular complexity index is 384. The number of carbonyl (C=O) groups excluding carboxylic acids is 4. The van der Waals surface area contributed by atoms with E-state index in [1.54, 1.807) is 0 Å². The van der Waals surface area contributed by atoms with Crippen LogP contribution in [0.3, 0.4) is 0 Å². The highest BCUT2D eigenvalue weighted by Crippen LogP contribution is 2.19. The summed E-state index contributed by atoms with van der Waals surface area (Å²) >= 11 is 0. The molecule has 0 saturated heterocycles. The first-order chi connectivity index (χ1) is 9.56. The molecule has 2 amide bonds. The summed E-state index contributed by atoms with van der Waals surface area (Å²) in [5, 5.41) is 2.12. The number of likely N-dealkylation sites (N-methyl/N-ethyl adjacent to an activating group) is 1. The minimum absolute atomic E-state index is 0.0166. The van der Waals surface area contributed by atoms with Crippen LogP contribution in [0.5, 0.6) is 0 Å². The van der Waals surface area contributed by atoms with Crippen molar-refractivity contribution in [2.45, 2.75) is 31.7 Å². The Morgan fingerprint density at radius 2 is 2.15 bits per heavy atom. The van der Waals surface area contributed by atoms with Crippen LogP contribution in [0.1, 0.15) is 25.7 Å². The lowest BCUT2D eigenvalue weighted by Crippen LogP contribution is -2.44. The van der Waals surface area contributed by atoms with Crippen LogP contribution in [-0.2, 0) is 23.9 Å². The van der Waals surface area contributed by atoms with E-state index in [-0.39, 0.29) is 12.3 Å². The van der Waals surface area contributed by atoms with Gasteiger partial charge in [-0.2, -0.15) is 0 Å². The minimum atomic E-state index is -0.721. The highest BCUT2D eigenvalue weighted by molar-refractivity contribution is 5.87. The molecule has 1 saturated carbocycles. The van der Waals surface area contributed by atoms with Crippen LogP contribution in [-0.4, -0.2) is 55.6 Å². The van der Waals surface area contributed by atoms with E-state index in [1.807, 2.05) is 0 Å². The van der Waals surface area contributed by atoms with Gasteiger partial charge in [0.2, 0.25) is 13.2 Å². The van der Waals surface area contributed by atoms with Gasteiger partial charge >= 0.3 is 12.1 Å². The molecule has 1 atom stereocenters. The Hall–Kier alpha value is -2.12. The van der Waals surface area contributed by atoms with Crippen LogP contribution < -0.4 is 5.32 Å². The largest absolute Gasteiger partial charge is 0.426 e. The van der Waals surface area contributed by atoms with Gasteiger partial charge in [0.1, 0.15) is 6.54 Å². The number of hydrogen-bond acceptors (Lipinski definition) is 6. The zero-order chi connectivity index (χ0) is 15.0. The van der Waals surface area contributed by atoms with Gasteiger partial charge in [-0.15, -0.1) is 0 Å². The van der Waals surface area contributed by atoms with Gasteiger partial charge in [0.15, 0.2) is 5.78 Å². The van der Waals surface area contributed by atoms with Crippen molar-refractivity contribution in [3.63, 3.8) is 0 Å². The molecule has 0 spiro atoms. The van der Waals surface area contributed by atoms with Crippen molar-refractivity contribution >= 4 is 24.3 Å². The maximum atomic E-state index is 11.7. The van der Waals surface area contributed by atoms with Gasteiger partial charge in [0, 0.05) is 13.5 Å². The summed E-state index contributed by atoms with van der Waals surface area (Å²) in [7, 11) is 1.48. The lowest BCUT2D eigenvalue weighted by Gasteiger charge is -2.29. The fraction of sp³-hybridized carbons (Fsp3) is 0.667. The molecule has 1 aliphatic rings. The molecule has 1 rings (SSSR count). The first kappa shape index (κ1) is 15.9. The van der Waals surface area contributed by atoms with Crippen molar-refractivity contribution in [3.8, 4) is 0 Å². The molecule has 1 unspecified atom stereocenters. The molecule has 20 heavy (non-hydrogen) atoms. The van der Waals surface area contributed by atoms with E-state index < -0.39 is 24.9 Å². The van der Waals surface area contributed by atoms with Crippen molar-refractivity contribution in [1.29, 1.82) is 0 Å². The van der Waals surface area contributed by atoms with Crippen LogP contribution in [0.25, 0.3) is 0 Å². The topological polar surface area (TPSA) is 102 Å². The molecular formula is C12H18N2O6. The van der Waals surface area contributed by atoms with Crippen LogP contribution in [0.2, 0.25) is 0 Å². The summed E-state index contributed by atoms with van der Waals surface area (Å²) in [6.45, 7) is -0.846. The molecule has 8 nitrogen and oxygen atoms in total. The van der Waals surface area contributed by atoms with E-state index in [2.05, 4.69) is 10.1 Å². The normalized spacial score (nSPS) is 18.1. The molecule has 112 valence electrons. The summed E-state index contributed by atoms with van der Waals surface area (Å²) in [5.41, 5.74) is 0.